The van der Waals surface area contributed by atoms with Crippen LogP contribution in [0.25, 0.3) is 49.9 Å². The Morgan fingerprint density at radius 1 is 0.622 bits per heavy atom. The quantitative estimate of drug-likeness (QED) is 0.0851. The van der Waals surface area contributed by atoms with E-state index in [0.29, 0.717) is 50.8 Å². The van der Waals surface area contributed by atoms with Crippen LogP contribution in [0.3, 0.4) is 0 Å². The van der Waals surface area contributed by atoms with Crippen molar-refractivity contribution in [3.8, 4) is 39.6 Å². The molecule has 0 aliphatic carbocycles. The van der Waals surface area contributed by atoms with Gasteiger partial charge in [0.05, 0.1) is 11.0 Å². The number of ether oxygens (including phenoxy) is 1. The van der Waals surface area contributed by atoms with Crippen LogP contribution in [0.2, 0.25) is 0 Å². The average molecular weight is 1160 g/mol. The van der Waals surface area contributed by atoms with Crippen LogP contribution in [0.5, 0.6) is 11.5 Å². The van der Waals surface area contributed by atoms with Crippen LogP contribution in [0, 0.1) is 18.8 Å². The van der Waals surface area contributed by atoms with Crippen molar-refractivity contribution in [1.29, 1.82) is 0 Å². The van der Waals surface area contributed by atoms with E-state index in [0.717, 1.165) is 60.0 Å². The van der Waals surface area contributed by atoms with Crippen LogP contribution >= 0.6 is 0 Å². The summed E-state index contributed by atoms with van der Waals surface area (Å²) in [6, 6.07) is 37.3. The number of para-hydroxylation sites is 3. The van der Waals surface area contributed by atoms with Gasteiger partial charge in [-0.2, -0.15) is 12.1 Å². The van der Waals surface area contributed by atoms with E-state index in [1.807, 2.05) is 113 Å². The fourth-order valence-electron chi connectivity index (χ4n) is 9.92. The third-order valence-electron chi connectivity index (χ3n) is 13.8. The van der Waals surface area contributed by atoms with E-state index in [2.05, 4.69) is 81.7 Å². The molecule has 0 saturated carbocycles. The number of benzene rings is 7. The first-order chi connectivity index (χ1) is 38.4. The van der Waals surface area contributed by atoms with Crippen LogP contribution < -0.4 is 14.5 Å². The monoisotopic (exact) mass is 1160 g/mol. The molecule has 10 rings (SSSR count). The largest absolute Gasteiger partial charge is 0.509 e. The molecule has 7 aromatic carbocycles. The number of hydrogen-bond donors (Lipinski definition) is 0. The molecule has 0 radical (unpaired) electrons. The maximum Gasteiger partial charge on any atom is 0.135 e. The van der Waals surface area contributed by atoms with Gasteiger partial charge in [-0.1, -0.05) is 186 Å². The molecule has 0 fully saturated rings. The van der Waals surface area contributed by atoms with Crippen molar-refractivity contribution in [3.63, 3.8) is 0 Å². The van der Waals surface area contributed by atoms with Gasteiger partial charge in [0.2, 0.25) is 0 Å². The molecule has 0 atom stereocenters. The van der Waals surface area contributed by atoms with E-state index in [9.17, 15) is 5.48 Å². The fraction of sp³-hybridized carbons (Fsp3) is 0.294. The van der Waals surface area contributed by atoms with E-state index in [4.69, 9.17) is 15.2 Å². The first-order valence-electron chi connectivity index (χ1n) is 29.9. The van der Waals surface area contributed by atoms with E-state index in [-0.39, 0.29) is 85.9 Å². The van der Waals surface area contributed by atoms with Crippen molar-refractivity contribution in [2.24, 2.45) is 0 Å². The molecule has 1 aliphatic heterocycles. The third kappa shape index (κ3) is 10.3. The fourth-order valence-corrected chi connectivity index (χ4v) is 9.92. The minimum Gasteiger partial charge on any atom is -0.509 e. The Hall–Kier alpha value is -6.42. The van der Waals surface area contributed by atoms with Gasteiger partial charge in [0.25, 0.3) is 0 Å². The van der Waals surface area contributed by atoms with Crippen LogP contribution in [-0.2, 0) is 50.2 Å². The third-order valence-corrected chi connectivity index (χ3v) is 13.8. The molecule has 9 aromatic rings. The molecule has 382 valence electrons. The van der Waals surface area contributed by atoms with E-state index < -0.39 is 10.8 Å². The minimum atomic E-state index is -0.738. The molecular formula is C68H71N4OPt-3. The van der Waals surface area contributed by atoms with Crippen molar-refractivity contribution in [2.45, 2.75) is 131 Å². The first-order valence-corrected chi connectivity index (χ1v) is 25.9. The van der Waals surface area contributed by atoms with Crippen molar-refractivity contribution in [3.05, 3.63) is 198 Å². The number of fused-ring (bicyclic) bond motifs is 4. The SMILES string of the molecule is [2H]c1c([2H])c(-c2cccc(-c3c([2H])c([2H])c([2H])c(C(C)(C)C)c3[2H])c2N2[CH-]N(c3[c-]c(Oc4[c-]c5c(cc4)c4c(CCC)c(CCCCC)ccc4n5-c4cc(C(C)(C)C)ccn4)ccc3)c3ccccc32)c([2H])c(C(C)(C)C)c1[2H].[Pt]. The normalized spacial score (nSPS) is 14.4. The second kappa shape index (κ2) is 21.1. The molecule has 0 amide bonds. The molecule has 5 nitrogen and oxygen atoms in total. The Morgan fingerprint density at radius 3 is 1.89 bits per heavy atom. The summed E-state index contributed by atoms with van der Waals surface area (Å²) in [6.07, 6.45) is 8.37. The van der Waals surface area contributed by atoms with Crippen LogP contribution in [0.4, 0.5) is 22.7 Å². The summed E-state index contributed by atoms with van der Waals surface area (Å²) in [5.74, 6) is 1.74. The Balaban J connectivity index is 0.00000810. The molecule has 0 unspecified atom stereocenters. The van der Waals surface area contributed by atoms with Crippen molar-refractivity contribution < 1.29 is 36.8 Å². The topological polar surface area (TPSA) is 33.5 Å². The van der Waals surface area contributed by atoms with Gasteiger partial charge < -0.3 is 19.1 Å². The van der Waals surface area contributed by atoms with Crippen LogP contribution in [-0.4, -0.2) is 9.55 Å². The molecule has 3 heterocycles. The Bertz CT molecular complexity index is 3850. The molecular weight excluding hydrogens is 1080 g/mol. The molecule has 74 heavy (non-hydrogen) atoms. The molecule has 0 spiro atoms. The zero-order chi connectivity index (χ0) is 58.2. The number of hydrogen-bond acceptors (Lipinski definition) is 4. The second-order valence-corrected chi connectivity index (χ2v) is 22.4. The van der Waals surface area contributed by atoms with Gasteiger partial charge in [-0.15, -0.1) is 48.1 Å². The van der Waals surface area contributed by atoms with Gasteiger partial charge in [0.15, 0.2) is 0 Å². The van der Waals surface area contributed by atoms with Crippen LogP contribution in [0.1, 0.15) is 141 Å². The number of rotatable bonds is 13. The predicted octanol–water partition coefficient (Wildman–Crippen LogP) is 18.9. The Labute approximate surface area is 467 Å². The van der Waals surface area contributed by atoms with Gasteiger partial charge >= 0.3 is 0 Å². The molecule has 0 saturated heterocycles. The summed E-state index contributed by atoms with van der Waals surface area (Å²) < 4.78 is 83.7. The Morgan fingerprint density at radius 2 is 1.26 bits per heavy atom. The van der Waals surface area contributed by atoms with Crippen LogP contribution in [0.15, 0.2) is 152 Å². The maximum atomic E-state index is 9.76. The van der Waals surface area contributed by atoms with Gasteiger partial charge in [0, 0.05) is 72.5 Å². The minimum absolute atomic E-state index is 0. The molecule has 0 bridgehead atoms. The summed E-state index contributed by atoms with van der Waals surface area (Å²) in [7, 11) is 0. The average Bonchev–Trinajstić information content (AvgIpc) is 2.42. The van der Waals surface area contributed by atoms with Gasteiger partial charge in [-0.05, 0) is 110 Å². The van der Waals surface area contributed by atoms with E-state index in [1.54, 1.807) is 18.2 Å². The zero-order valence-corrected chi connectivity index (χ0v) is 46.9. The van der Waals surface area contributed by atoms with Gasteiger partial charge in [-0.25, -0.2) is 4.98 Å². The molecule has 0 N–H and O–H groups in total. The number of aryl methyl sites for hydroxylation is 2. The van der Waals surface area contributed by atoms with Crippen molar-refractivity contribution in [2.75, 3.05) is 9.80 Å². The predicted molar refractivity (Wildman–Crippen MR) is 308 cm³/mol. The van der Waals surface area contributed by atoms with Gasteiger partial charge in [-0.3, -0.25) is 0 Å². The number of nitrogens with zero attached hydrogens (tertiary/aromatic N) is 4. The first kappa shape index (κ1) is 42.9. The summed E-state index contributed by atoms with van der Waals surface area (Å²) in [4.78, 5) is 8.87. The zero-order valence-electron chi connectivity index (χ0n) is 52.6. The number of aromatic nitrogens is 2. The number of anilines is 4. The second-order valence-electron chi connectivity index (χ2n) is 22.4. The van der Waals surface area contributed by atoms with Crippen molar-refractivity contribution in [1.82, 2.24) is 9.55 Å². The van der Waals surface area contributed by atoms with E-state index in [1.165, 1.54) is 28.5 Å². The van der Waals surface area contributed by atoms with Crippen molar-refractivity contribution >= 4 is 44.6 Å². The molecule has 1 aliphatic rings. The molecule has 6 heteroatoms. The smallest absolute Gasteiger partial charge is 0.135 e. The maximum absolute atomic E-state index is 9.76. The summed E-state index contributed by atoms with van der Waals surface area (Å²) in [5, 5.41) is 2.31. The van der Waals surface area contributed by atoms with E-state index >= 15 is 0 Å². The summed E-state index contributed by atoms with van der Waals surface area (Å²) in [6.45, 7) is 24.3. The van der Waals surface area contributed by atoms with Gasteiger partial charge in [0.1, 0.15) is 5.82 Å². The Kier molecular flexibility index (Phi) is 12.2. The number of pyridine rings is 1. The molecule has 2 aromatic heterocycles. The summed E-state index contributed by atoms with van der Waals surface area (Å²) >= 11 is 0. The summed E-state index contributed by atoms with van der Waals surface area (Å²) in [5.41, 5.74) is 8.36. The standard InChI is InChI=1S/C68H71N4O.Pt/c1-12-14-15-23-46-34-37-61-64(55(46)22-13-2)58-36-35-54(44-62(58)72(61)63-42-51(38-39-69-63)68(9,10)11)73-53-29-20-28-52(43-53)70-45-71(60-33-17-16-32-59(60)70)65-56(47-24-18-26-49(40-47)66(3,4)5)30-21-31-57(65)48-25-19-27-50(41-48)67(6,7)8;/h16-21,24-42,45H,12-15,22-23H2,1-11H3;/q-3;/i18D,19D,24D,25D,26D,27D,40D,41D;. The number of unbranched alkanes of at least 4 members (excludes halogenated alkanes) is 2.